The molecule has 0 atom stereocenters. The van der Waals surface area contributed by atoms with E-state index in [2.05, 4.69) is 39.4 Å². The van der Waals surface area contributed by atoms with E-state index in [0.717, 1.165) is 35.2 Å². The van der Waals surface area contributed by atoms with Crippen molar-refractivity contribution in [1.82, 2.24) is 20.6 Å². The molecule has 0 saturated heterocycles. The van der Waals surface area contributed by atoms with E-state index < -0.39 is 0 Å². The van der Waals surface area contributed by atoms with Gasteiger partial charge >= 0.3 is 0 Å². The third-order valence-corrected chi connectivity index (χ3v) is 5.10. The Bertz CT molecular complexity index is 972. The van der Waals surface area contributed by atoms with Crippen molar-refractivity contribution in [2.24, 2.45) is 4.99 Å². The third-order valence-electron chi connectivity index (χ3n) is 4.19. The standard InChI is InChI=1S/C23H29N5O2S/c1-4-13-29-19-8-10-20(11-9-19)30-22-18(7-6-12-25-22)15-27-23(24-5-2)28-16-21-26-14-17(3)31-21/h6-12,14H,4-5,13,15-16H2,1-3H3,(H2,24,27,28). The number of benzene rings is 1. The third kappa shape index (κ3) is 7.25. The van der Waals surface area contributed by atoms with Gasteiger partial charge in [-0.15, -0.1) is 11.3 Å². The maximum atomic E-state index is 6.01. The monoisotopic (exact) mass is 439 g/mol. The van der Waals surface area contributed by atoms with Gasteiger partial charge in [0.25, 0.3) is 0 Å². The lowest BCUT2D eigenvalue weighted by Gasteiger charge is -2.12. The minimum atomic E-state index is 0.438. The molecule has 3 aromatic rings. The average Bonchev–Trinajstić information content (AvgIpc) is 3.21. The van der Waals surface area contributed by atoms with Gasteiger partial charge in [-0.25, -0.2) is 15.0 Å². The summed E-state index contributed by atoms with van der Waals surface area (Å²) in [5.41, 5.74) is 0.899. The number of aromatic nitrogens is 2. The van der Waals surface area contributed by atoms with Gasteiger partial charge < -0.3 is 20.1 Å². The minimum Gasteiger partial charge on any atom is -0.494 e. The smallest absolute Gasteiger partial charge is 0.224 e. The summed E-state index contributed by atoms with van der Waals surface area (Å²) in [5, 5.41) is 7.61. The van der Waals surface area contributed by atoms with Crippen LogP contribution in [0.3, 0.4) is 0 Å². The van der Waals surface area contributed by atoms with Crippen molar-refractivity contribution < 1.29 is 9.47 Å². The van der Waals surface area contributed by atoms with E-state index in [9.17, 15) is 0 Å². The van der Waals surface area contributed by atoms with Crippen LogP contribution in [0, 0.1) is 6.92 Å². The fourth-order valence-corrected chi connectivity index (χ4v) is 3.45. The highest BCUT2D eigenvalue weighted by Crippen LogP contribution is 2.25. The molecule has 2 aromatic heterocycles. The molecule has 0 spiro atoms. The predicted octanol–water partition coefficient (Wildman–Crippen LogP) is 4.68. The minimum absolute atomic E-state index is 0.438. The van der Waals surface area contributed by atoms with Gasteiger partial charge in [-0.05, 0) is 50.6 Å². The van der Waals surface area contributed by atoms with Crippen LogP contribution in [0.15, 0.2) is 53.8 Å². The van der Waals surface area contributed by atoms with E-state index in [4.69, 9.17) is 9.47 Å². The lowest BCUT2D eigenvalue weighted by molar-refractivity contribution is 0.317. The summed E-state index contributed by atoms with van der Waals surface area (Å²) >= 11 is 1.68. The SMILES string of the molecule is CCCOc1ccc(Oc2ncccc2CN=C(NCC)NCc2ncc(C)s2)cc1. The van der Waals surface area contributed by atoms with Crippen LogP contribution in [-0.4, -0.2) is 29.1 Å². The molecule has 0 fully saturated rings. The van der Waals surface area contributed by atoms with E-state index in [0.29, 0.717) is 31.3 Å². The van der Waals surface area contributed by atoms with Crippen LogP contribution in [-0.2, 0) is 13.1 Å². The van der Waals surface area contributed by atoms with Crippen molar-refractivity contribution in [3.63, 3.8) is 0 Å². The lowest BCUT2D eigenvalue weighted by atomic mass is 10.2. The molecule has 0 bridgehead atoms. The van der Waals surface area contributed by atoms with Gasteiger partial charge in [-0.3, -0.25) is 0 Å². The number of aliphatic imine (C=N–C) groups is 1. The first kappa shape index (κ1) is 22.6. The Morgan fingerprint density at radius 2 is 1.87 bits per heavy atom. The average molecular weight is 440 g/mol. The second kappa shape index (κ2) is 11.9. The molecule has 3 rings (SSSR count). The Kier molecular flexibility index (Phi) is 8.66. The Labute approximate surface area is 187 Å². The number of hydrogen-bond donors (Lipinski definition) is 2. The number of nitrogens with one attached hydrogen (secondary N) is 2. The number of pyridine rings is 1. The summed E-state index contributed by atoms with van der Waals surface area (Å²) in [7, 11) is 0. The van der Waals surface area contributed by atoms with Crippen LogP contribution < -0.4 is 20.1 Å². The number of nitrogens with zero attached hydrogens (tertiary/aromatic N) is 3. The van der Waals surface area contributed by atoms with Crippen LogP contribution in [0.25, 0.3) is 0 Å². The van der Waals surface area contributed by atoms with E-state index in [1.54, 1.807) is 17.5 Å². The molecule has 0 radical (unpaired) electrons. The van der Waals surface area contributed by atoms with Gasteiger partial charge in [-0.1, -0.05) is 13.0 Å². The molecule has 0 aliphatic rings. The fourth-order valence-electron chi connectivity index (χ4n) is 2.72. The van der Waals surface area contributed by atoms with Crippen LogP contribution in [0.4, 0.5) is 0 Å². The number of rotatable bonds is 10. The van der Waals surface area contributed by atoms with Crippen molar-refractivity contribution in [2.45, 2.75) is 40.3 Å². The molecule has 0 unspecified atom stereocenters. The van der Waals surface area contributed by atoms with E-state index in [1.165, 1.54) is 4.88 Å². The van der Waals surface area contributed by atoms with Gasteiger partial charge in [0.05, 0.1) is 19.7 Å². The molecule has 2 heterocycles. The van der Waals surface area contributed by atoms with E-state index >= 15 is 0 Å². The molecule has 7 nitrogen and oxygen atoms in total. The number of aryl methyl sites for hydroxylation is 1. The quantitative estimate of drug-likeness (QED) is 0.353. The molecule has 0 aliphatic heterocycles. The number of thiazole rings is 1. The topological polar surface area (TPSA) is 80.7 Å². The molecular weight excluding hydrogens is 410 g/mol. The summed E-state index contributed by atoms with van der Waals surface area (Å²) in [6.07, 6.45) is 4.58. The lowest BCUT2D eigenvalue weighted by Crippen LogP contribution is -2.36. The molecule has 2 N–H and O–H groups in total. The van der Waals surface area contributed by atoms with Gasteiger partial charge in [0, 0.05) is 29.4 Å². The molecular formula is C23H29N5O2S. The first-order chi connectivity index (χ1) is 15.2. The summed E-state index contributed by atoms with van der Waals surface area (Å²) < 4.78 is 11.6. The van der Waals surface area contributed by atoms with Gasteiger partial charge in [0.15, 0.2) is 5.96 Å². The largest absolute Gasteiger partial charge is 0.494 e. The number of guanidine groups is 1. The highest BCUT2D eigenvalue weighted by molar-refractivity contribution is 7.11. The molecule has 0 saturated carbocycles. The molecule has 31 heavy (non-hydrogen) atoms. The summed E-state index contributed by atoms with van der Waals surface area (Å²) in [6.45, 7) is 8.71. The van der Waals surface area contributed by atoms with E-state index in [-0.39, 0.29) is 0 Å². The van der Waals surface area contributed by atoms with Gasteiger partial charge in [0.2, 0.25) is 5.88 Å². The Hall–Kier alpha value is -3.13. The van der Waals surface area contributed by atoms with E-state index in [1.807, 2.05) is 49.5 Å². The number of hydrogen-bond acceptors (Lipinski definition) is 6. The first-order valence-corrected chi connectivity index (χ1v) is 11.3. The summed E-state index contributed by atoms with van der Waals surface area (Å²) in [5.74, 6) is 2.80. The number of ether oxygens (including phenoxy) is 2. The maximum Gasteiger partial charge on any atom is 0.224 e. The van der Waals surface area contributed by atoms with Crippen molar-refractivity contribution >= 4 is 17.3 Å². The molecule has 0 amide bonds. The van der Waals surface area contributed by atoms with Crippen molar-refractivity contribution in [3.8, 4) is 17.4 Å². The highest BCUT2D eigenvalue weighted by Gasteiger charge is 2.08. The normalized spacial score (nSPS) is 11.3. The first-order valence-electron chi connectivity index (χ1n) is 10.5. The van der Waals surface area contributed by atoms with Crippen molar-refractivity contribution in [1.29, 1.82) is 0 Å². The zero-order valence-corrected chi connectivity index (χ0v) is 19.0. The zero-order valence-electron chi connectivity index (χ0n) is 18.2. The molecule has 1 aromatic carbocycles. The Morgan fingerprint density at radius 1 is 1.06 bits per heavy atom. The summed E-state index contributed by atoms with van der Waals surface area (Å²) in [6, 6.07) is 11.4. The Morgan fingerprint density at radius 3 is 2.58 bits per heavy atom. The molecule has 8 heteroatoms. The highest BCUT2D eigenvalue weighted by atomic mass is 32.1. The van der Waals surface area contributed by atoms with Crippen molar-refractivity contribution in [2.75, 3.05) is 13.2 Å². The molecule has 164 valence electrons. The second-order valence-electron chi connectivity index (χ2n) is 6.80. The van der Waals surface area contributed by atoms with Gasteiger partial charge in [0.1, 0.15) is 16.5 Å². The maximum absolute atomic E-state index is 6.01. The Balaban J connectivity index is 1.65. The predicted molar refractivity (Wildman–Crippen MR) is 125 cm³/mol. The van der Waals surface area contributed by atoms with Crippen LogP contribution in [0.1, 0.15) is 35.7 Å². The van der Waals surface area contributed by atoms with Crippen molar-refractivity contribution in [3.05, 3.63) is 64.2 Å². The summed E-state index contributed by atoms with van der Waals surface area (Å²) in [4.78, 5) is 14.7. The van der Waals surface area contributed by atoms with Crippen LogP contribution >= 0.6 is 11.3 Å². The molecule has 0 aliphatic carbocycles. The fraction of sp³-hybridized carbons (Fsp3) is 0.348. The van der Waals surface area contributed by atoms with Gasteiger partial charge in [-0.2, -0.15) is 0 Å². The second-order valence-corrected chi connectivity index (χ2v) is 8.12. The van der Waals surface area contributed by atoms with Crippen LogP contribution in [0.2, 0.25) is 0 Å². The zero-order chi connectivity index (χ0) is 21.9. The van der Waals surface area contributed by atoms with Crippen LogP contribution in [0.5, 0.6) is 17.4 Å².